The van der Waals surface area contributed by atoms with Crippen LogP contribution in [0.4, 0.5) is 0 Å². The Morgan fingerprint density at radius 2 is 1.93 bits per heavy atom. The van der Waals surface area contributed by atoms with Gasteiger partial charge in [0, 0.05) is 5.92 Å². The van der Waals surface area contributed by atoms with Crippen molar-refractivity contribution >= 4 is 5.91 Å². The Bertz CT molecular complexity index is 187. The molecule has 2 heteroatoms. The molecule has 0 aromatic heterocycles. The summed E-state index contributed by atoms with van der Waals surface area (Å²) in [6.07, 6.45) is 11.9. The maximum atomic E-state index is 11.1. The Hall–Kier alpha value is -0.790. The molecule has 0 saturated carbocycles. The summed E-state index contributed by atoms with van der Waals surface area (Å²) in [4.78, 5) is 11.1. The Balaban J connectivity index is 3.53. The van der Waals surface area contributed by atoms with Crippen molar-refractivity contribution in [2.75, 3.05) is 0 Å². The van der Waals surface area contributed by atoms with E-state index in [0.717, 1.165) is 38.5 Å². The summed E-state index contributed by atoms with van der Waals surface area (Å²) in [7, 11) is 0. The van der Waals surface area contributed by atoms with E-state index < -0.39 is 0 Å². The summed E-state index contributed by atoms with van der Waals surface area (Å²) in [5.74, 6) is -0.0221. The summed E-state index contributed by atoms with van der Waals surface area (Å²) in [6, 6.07) is 0. The third kappa shape index (κ3) is 8.22. The van der Waals surface area contributed by atoms with Crippen LogP contribution >= 0.6 is 0 Å². The molecule has 1 amide bonds. The Kier molecular flexibility index (Phi) is 9.24. The fraction of sp³-hybridized carbons (Fsp3) is 0.769. The van der Waals surface area contributed by atoms with E-state index in [0.29, 0.717) is 0 Å². The minimum atomic E-state index is -0.124. The zero-order valence-electron chi connectivity index (χ0n) is 10.2. The van der Waals surface area contributed by atoms with Crippen molar-refractivity contribution in [1.82, 2.24) is 0 Å². The average molecular weight is 211 g/mol. The molecule has 2 N–H and O–H groups in total. The highest BCUT2D eigenvalue weighted by Crippen LogP contribution is 2.15. The molecule has 0 spiro atoms. The highest BCUT2D eigenvalue weighted by molar-refractivity contribution is 5.76. The summed E-state index contributed by atoms with van der Waals surface area (Å²) in [5, 5.41) is 0. The number of primary amides is 1. The molecule has 0 aliphatic carbocycles. The van der Waals surface area contributed by atoms with E-state index in [1.165, 1.54) is 6.42 Å². The standard InChI is InChI=1S/C13H25NO/c1-3-5-6-7-8-9-11-12(10-4-2)13(14)15/h5-6,12H,3-4,7-11H2,1-2H3,(H2,14,15)/b6-5+. The number of unbranched alkanes of at least 4 members (excludes halogenated alkanes) is 2. The second kappa shape index (κ2) is 9.75. The third-order valence-electron chi connectivity index (χ3n) is 2.62. The van der Waals surface area contributed by atoms with Gasteiger partial charge in [0.1, 0.15) is 0 Å². The van der Waals surface area contributed by atoms with Crippen LogP contribution in [-0.2, 0) is 4.79 Å². The molecule has 2 nitrogen and oxygen atoms in total. The molecule has 88 valence electrons. The lowest BCUT2D eigenvalue weighted by molar-refractivity contribution is -0.122. The van der Waals surface area contributed by atoms with Gasteiger partial charge >= 0.3 is 0 Å². The zero-order valence-corrected chi connectivity index (χ0v) is 10.2. The van der Waals surface area contributed by atoms with Crippen LogP contribution in [0.3, 0.4) is 0 Å². The number of carbonyl (C=O) groups is 1. The second-order valence-corrected chi connectivity index (χ2v) is 4.05. The van der Waals surface area contributed by atoms with E-state index in [9.17, 15) is 4.79 Å². The lowest BCUT2D eigenvalue weighted by Crippen LogP contribution is -2.22. The molecule has 0 aliphatic rings. The number of allylic oxidation sites excluding steroid dienone is 2. The highest BCUT2D eigenvalue weighted by atomic mass is 16.1. The van der Waals surface area contributed by atoms with Crippen molar-refractivity contribution < 1.29 is 4.79 Å². The summed E-state index contributed by atoms with van der Waals surface area (Å²) >= 11 is 0. The predicted octanol–water partition coefficient (Wildman–Crippen LogP) is 3.41. The van der Waals surface area contributed by atoms with Crippen molar-refractivity contribution in [1.29, 1.82) is 0 Å². The van der Waals surface area contributed by atoms with Crippen LogP contribution in [0, 0.1) is 5.92 Å². The lowest BCUT2D eigenvalue weighted by Gasteiger charge is -2.10. The number of hydrogen-bond acceptors (Lipinski definition) is 1. The minimum absolute atomic E-state index is 0.102. The van der Waals surface area contributed by atoms with Crippen LogP contribution < -0.4 is 5.73 Å². The Morgan fingerprint density at radius 3 is 2.47 bits per heavy atom. The minimum Gasteiger partial charge on any atom is -0.369 e. The second-order valence-electron chi connectivity index (χ2n) is 4.05. The topological polar surface area (TPSA) is 43.1 Å². The van der Waals surface area contributed by atoms with Gasteiger partial charge in [-0.2, -0.15) is 0 Å². The molecular formula is C13H25NO. The fourth-order valence-corrected chi connectivity index (χ4v) is 1.71. The molecule has 0 aromatic carbocycles. The molecular weight excluding hydrogens is 186 g/mol. The largest absolute Gasteiger partial charge is 0.369 e. The first-order chi connectivity index (χ1) is 7.22. The molecule has 0 fully saturated rings. The zero-order chi connectivity index (χ0) is 11.5. The maximum absolute atomic E-state index is 11.1. The summed E-state index contributed by atoms with van der Waals surface area (Å²) in [5.41, 5.74) is 5.33. The molecule has 1 atom stereocenters. The van der Waals surface area contributed by atoms with Crippen LogP contribution in [0.15, 0.2) is 12.2 Å². The van der Waals surface area contributed by atoms with Gasteiger partial charge in [0.15, 0.2) is 0 Å². The van der Waals surface area contributed by atoms with Crippen molar-refractivity contribution in [3.8, 4) is 0 Å². The van der Waals surface area contributed by atoms with Gasteiger partial charge in [-0.15, -0.1) is 0 Å². The Morgan fingerprint density at radius 1 is 1.20 bits per heavy atom. The van der Waals surface area contributed by atoms with Gasteiger partial charge in [0.25, 0.3) is 0 Å². The Labute approximate surface area is 93.9 Å². The molecule has 1 unspecified atom stereocenters. The van der Waals surface area contributed by atoms with E-state index in [2.05, 4.69) is 26.0 Å². The van der Waals surface area contributed by atoms with Crippen LogP contribution in [0.2, 0.25) is 0 Å². The van der Waals surface area contributed by atoms with Crippen LogP contribution in [0.25, 0.3) is 0 Å². The van der Waals surface area contributed by atoms with Gasteiger partial charge in [-0.3, -0.25) is 4.79 Å². The first-order valence-electron chi connectivity index (χ1n) is 6.16. The SMILES string of the molecule is CC/C=C/CCCCC(CCC)C(N)=O. The third-order valence-corrected chi connectivity index (χ3v) is 2.62. The molecule has 0 aliphatic heterocycles. The van der Waals surface area contributed by atoms with Gasteiger partial charge in [-0.25, -0.2) is 0 Å². The smallest absolute Gasteiger partial charge is 0.220 e. The van der Waals surface area contributed by atoms with Gasteiger partial charge < -0.3 is 5.73 Å². The molecule has 0 heterocycles. The predicted molar refractivity (Wildman–Crippen MR) is 65.5 cm³/mol. The molecule has 0 bridgehead atoms. The highest BCUT2D eigenvalue weighted by Gasteiger charge is 2.12. The van der Waals surface area contributed by atoms with E-state index in [1.807, 2.05) is 0 Å². The van der Waals surface area contributed by atoms with Crippen molar-refractivity contribution in [2.24, 2.45) is 11.7 Å². The number of amides is 1. The van der Waals surface area contributed by atoms with E-state index in [4.69, 9.17) is 5.73 Å². The van der Waals surface area contributed by atoms with Gasteiger partial charge in [0.05, 0.1) is 0 Å². The van der Waals surface area contributed by atoms with Crippen LogP contribution in [0.5, 0.6) is 0 Å². The van der Waals surface area contributed by atoms with Crippen molar-refractivity contribution in [2.45, 2.75) is 58.8 Å². The van der Waals surface area contributed by atoms with Crippen LogP contribution in [-0.4, -0.2) is 5.91 Å². The molecule has 0 rings (SSSR count). The molecule has 0 radical (unpaired) electrons. The number of nitrogens with two attached hydrogens (primary N) is 1. The summed E-state index contributed by atoms with van der Waals surface area (Å²) in [6.45, 7) is 4.24. The quantitative estimate of drug-likeness (QED) is 0.461. The molecule has 15 heavy (non-hydrogen) atoms. The fourth-order valence-electron chi connectivity index (χ4n) is 1.71. The monoisotopic (exact) mass is 211 g/mol. The first kappa shape index (κ1) is 14.2. The van der Waals surface area contributed by atoms with Crippen LogP contribution in [0.1, 0.15) is 58.8 Å². The van der Waals surface area contributed by atoms with Gasteiger partial charge in [0.2, 0.25) is 5.91 Å². The van der Waals surface area contributed by atoms with E-state index >= 15 is 0 Å². The molecule has 0 aromatic rings. The van der Waals surface area contributed by atoms with E-state index in [-0.39, 0.29) is 11.8 Å². The lowest BCUT2D eigenvalue weighted by atomic mass is 9.96. The number of rotatable bonds is 9. The number of carbonyl (C=O) groups excluding carboxylic acids is 1. The number of hydrogen-bond donors (Lipinski definition) is 1. The normalized spacial score (nSPS) is 13.2. The maximum Gasteiger partial charge on any atom is 0.220 e. The van der Waals surface area contributed by atoms with Crippen molar-refractivity contribution in [3.63, 3.8) is 0 Å². The van der Waals surface area contributed by atoms with Crippen molar-refractivity contribution in [3.05, 3.63) is 12.2 Å². The first-order valence-corrected chi connectivity index (χ1v) is 6.16. The van der Waals surface area contributed by atoms with Gasteiger partial charge in [-0.05, 0) is 32.1 Å². The molecule has 0 saturated heterocycles. The average Bonchev–Trinajstić information content (AvgIpc) is 2.21. The van der Waals surface area contributed by atoms with E-state index in [1.54, 1.807) is 0 Å². The van der Waals surface area contributed by atoms with Gasteiger partial charge in [-0.1, -0.05) is 38.8 Å². The summed E-state index contributed by atoms with van der Waals surface area (Å²) < 4.78 is 0.